The number of hydrogen-bond donors (Lipinski definition) is 1. The average Bonchev–Trinajstić information content (AvgIpc) is 2.86. The van der Waals surface area contributed by atoms with Crippen LogP contribution in [-0.4, -0.2) is 28.0 Å². The maximum Gasteiger partial charge on any atom is 0.491 e. The molecular weight excluding hydrogens is 523 g/mol. The lowest BCUT2D eigenvalue weighted by molar-refractivity contribution is -0.189. The summed E-state index contributed by atoms with van der Waals surface area (Å²) in [5.74, 6) is -4.53. The molecule has 6 nitrogen and oxygen atoms in total. The van der Waals surface area contributed by atoms with Crippen molar-refractivity contribution in [1.82, 2.24) is 15.3 Å². The van der Waals surface area contributed by atoms with Crippen molar-refractivity contribution in [2.45, 2.75) is 18.4 Å². The molecule has 196 valence electrons. The van der Waals surface area contributed by atoms with Crippen molar-refractivity contribution in [3.63, 3.8) is 0 Å². The highest BCUT2D eigenvalue weighted by atomic mass is 19.4. The fourth-order valence-corrected chi connectivity index (χ4v) is 3.51. The number of carbonyl (C=O) groups is 2. The molecule has 0 radical (unpaired) electrons. The summed E-state index contributed by atoms with van der Waals surface area (Å²) in [5, 5.41) is 2.51. The van der Waals surface area contributed by atoms with Gasteiger partial charge >= 0.3 is 18.3 Å². The summed E-state index contributed by atoms with van der Waals surface area (Å²) in [4.78, 5) is 32.2. The van der Waals surface area contributed by atoms with E-state index in [1.165, 1.54) is 30.5 Å². The lowest BCUT2D eigenvalue weighted by Crippen LogP contribution is -2.30. The average molecular weight is 537 g/mol. The van der Waals surface area contributed by atoms with Gasteiger partial charge in [0.1, 0.15) is 17.3 Å². The lowest BCUT2D eigenvalue weighted by atomic mass is 10.00. The number of nitrogens with zero attached hydrogens (tertiary/aromatic N) is 2. The van der Waals surface area contributed by atoms with E-state index in [0.29, 0.717) is 0 Å². The number of carbonyl (C=O) groups excluding carboxylic acids is 2. The maximum atomic E-state index is 14.6. The second-order valence-corrected chi connectivity index (χ2v) is 7.83. The van der Waals surface area contributed by atoms with Crippen LogP contribution in [-0.2, 0) is 11.0 Å². The Morgan fingerprint density at radius 1 is 0.868 bits per heavy atom. The maximum absolute atomic E-state index is 14.6. The van der Waals surface area contributed by atoms with E-state index in [0.717, 1.165) is 42.6 Å². The zero-order chi connectivity index (χ0) is 27.7. The second-order valence-electron chi connectivity index (χ2n) is 7.83. The molecule has 0 aliphatic rings. The monoisotopic (exact) mass is 537 g/mol. The van der Waals surface area contributed by atoms with E-state index in [-0.39, 0.29) is 27.7 Å². The molecule has 2 aromatic heterocycles. The Morgan fingerprint density at radius 2 is 1.58 bits per heavy atom. The summed E-state index contributed by atoms with van der Waals surface area (Å²) in [6.07, 6.45) is -7.54. The van der Waals surface area contributed by atoms with Crippen LogP contribution in [0.25, 0.3) is 10.9 Å². The van der Waals surface area contributed by atoms with Crippen molar-refractivity contribution < 1.29 is 45.1 Å². The van der Waals surface area contributed by atoms with Crippen LogP contribution >= 0.6 is 0 Å². The number of halogens is 7. The predicted molar refractivity (Wildman–Crippen MR) is 118 cm³/mol. The molecule has 2 aromatic carbocycles. The number of ether oxygens (including phenoxy) is 1. The Balaban J connectivity index is 1.66. The minimum absolute atomic E-state index is 0.000205. The highest BCUT2D eigenvalue weighted by Crippen LogP contribution is 2.32. The molecule has 0 aliphatic carbocycles. The van der Waals surface area contributed by atoms with Gasteiger partial charge in [0.25, 0.3) is 5.91 Å². The molecule has 1 amide bonds. The fourth-order valence-electron chi connectivity index (χ4n) is 3.51. The minimum atomic E-state index is -5.23. The minimum Gasteiger partial charge on any atom is -0.419 e. The first-order valence-corrected chi connectivity index (χ1v) is 10.6. The Hall–Kier alpha value is -4.55. The molecule has 38 heavy (non-hydrogen) atoms. The van der Waals surface area contributed by atoms with E-state index in [2.05, 4.69) is 20.0 Å². The van der Waals surface area contributed by atoms with Gasteiger partial charge in [0.05, 0.1) is 17.1 Å². The van der Waals surface area contributed by atoms with Gasteiger partial charge in [0, 0.05) is 23.3 Å². The zero-order valence-corrected chi connectivity index (χ0v) is 18.8. The number of hydrogen-bond acceptors (Lipinski definition) is 5. The SMILES string of the molecule is O=C(NC(c1ccc(C(F)(F)F)cc1)c1ncccc1F)c1ccc2c(OC(=O)C(F)(F)F)ccnc2c1. The number of nitrogens with one attached hydrogen (secondary N) is 1. The summed E-state index contributed by atoms with van der Waals surface area (Å²) in [5.41, 5.74) is -1.18. The molecule has 0 aliphatic heterocycles. The third kappa shape index (κ3) is 5.71. The molecule has 2 heterocycles. The first kappa shape index (κ1) is 26.5. The van der Waals surface area contributed by atoms with Crippen LogP contribution in [0.2, 0.25) is 0 Å². The fraction of sp³-hybridized carbons (Fsp3) is 0.120. The molecule has 0 saturated carbocycles. The standard InChI is InChI=1S/C25H14F7N3O3/c26-17-2-1-10-34-21(17)20(13-3-6-15(7-4-13)24(27,28)29)35-22(36)14-5-8-16-18(12-14)33-11-9-19(16)38-23(37)25(30,31)32/h1-12,20H,(H,35,36). The lowest BCUT2D eigenvalue weighted by Gasteiger charge is -2.20. The molecule has 0 bridgehead atoms. The third-order valence-corrected chi connectivity index (χ3v) is 5.31. The molecule has 13 heteroatoms. The van der Waals surface area contributed by atoms with E-state index >= 15 is 0 Å². The van der Waals surface area contributed by atoms with Gasteiger partial charge in [-0.25, -0.2) is 9.18 Å². The molecule has 0 fully saturated rings. The molecule has 0 spiro atoms. The van der Waals surface area contributed by atoms with Gasteiger partial charge in [-0.1, -0.05) is 12.1 Å². The number of pyridine rings is 2. The topological polar surface area (TPSA) is 81.2 Å². The van der Waals surface area contributed by atoms with Gasteiger partial charge in [0.15, 0.2) is 0 Å². The molecule has 0 saturated heterocycles. The van der Waals surface area contributed by atoms with Crippen molar-refractivity contribution in [3.8, 4) is 5.75 Å². The second kappa shape index (κ2) is 10.1. The van der Waals surface area contributed by atoms with Crippen LogP contribution < -0.4 is 10.1 Å². The first-order chi connectivity index (χ1) is 17.8. The van der Waals surface area contributed by atoms with Gasteiger partial charge in [-0.05, 0) is 54.1 Å². The summed E-state index contributed by atoms with van der Waals surface area (Å²) >= 11 is 0. The van der Waals surface area contributed by atoms with Gasteiger partial charge in [-0.2, -0.15) is 26.3 Å². The molecule has 4 rings (SSSR count). The summed E-state index contributed by atoms with van der Waals surface area (Å²) < 4.78 is 95.7. The summed E-state index contributed by atoms with van der Waals surface area (Å²) in [6, 6.07) is 9.39. The van der Waals surface area contributed by atoms with Crippen LogP contribution in [0.4, 0.5) is 30.7 Å². The Labute approximate surface area is 209 Å². The smallest absolute Gasteiger partial charge is 0.419 e. The molecule has 1 N–H and O–H groups in total. The molecule has 1 unspecified atom stereocenters. The van der Waals surface area contributed by atoms with E-state index in [9.17, 15) is 40.3 Å². The Kier molecular flexibility index (Phi) is 7.03. The van der Waals surface area contributed by atoms with Crippen LogP contribution in [0, 0.1) is 5.82 Å². The number of alkyl halides is 6. The molecule has 1 atom stereocenters. The van der Waals surface area contributed by atoms with Crippen molar-refractivity contribution in [1.29, 1.82) is 0 Å². The van der Waals surface area contributed by atoms with Crippen LogP contribution in [0.3, 0.4) is 0 Å². The number of amides is 1. The van der Waals surface area contributed by atoms with Crippen LogP contribution in [0.1, 0.15) is 33.2 Å². The quantitative estimate of drug-likeness (QED) is 0.258. The van der Waals surface area contributed by atoms with Gasteiger partial charge in [-0.15, -0.1) is 0 Å². The van der Waals surface area contributed by atoms with E-state index < -0.39 is 47.4 Å². The normalized spacial score (nSPS) is 12.7. The van der Waals surface area contributed by atoms with E-state index in [4.69, 9.17) is 0 Å². The third-order valence-electron chi connectivity index (χ3n) is 5.31. The number of aromatic nitrogens is 2. The van der Waals surface area contributed by atoms with Gasteiger partial charge < -0.3 is 10.1 Å². The Morgan fingerprint density at radius 3 is 2.21 bits per heavy atom. The van der Waals surface area contributed by atoms with Crippen molar-refractivity contribution in [2.75, 3.05) is 0 Å². The van der Waals surface area contributed by atoms with Crippen LogP contribution in [0.5, 0.6) is 5.75 Å². The van der Waals surface area contributed by atoms with Gasteiger partial charge in [-0.3, -0.25) is 14.8 Å². The molecule has 4 aromatic rings. The number of esters is 1. The van der Waals surface area contributed by atoms with Crippen molar-refractivity contribution in [2.24, 2.45) is 0 Å². The van der Waals surface area contributed by atoms with Gasteiger partial charge in [0.2, 0.25) is 0 Å². The Bertz CT molecular complexity index is 1500. The van der Waals surface area contributed by atoms with E-state index in [1.807, 2.05) is 0 Å². The summed E-state index contributed by atoms with van der Waals surface area (Å²) in [7, 11) is 0. The highest BCUT2D eigenvalue weighted by Gasteiger charge is 2.41. The predicted octanol–water partition coefficient (Wildman–Crippen LogP) is 5.77. The van der Waals surface area contributed by atoms with Crippen LogP contribution in [0.15, 0.2) is 73.1 Å². The number of rotatable bonds is 5. The van der Waals surface area contributed by atoms with Crippen molar-refractivity contribution in [3.05, 3.63) is 101 Å². The summed E-state index contributed by atoms with van der Waals surface area (Å²) in [6.45, 7) is 0. The molecular formula is C25H14F7N3O3. The van der Waals surface area contributed by atoms with Crippen molar-refractivity contribution >= 4 is 22.8 Å². The number of benzene rings is 2. The highest BCUT2D eigenvalue weighted by molar-refractivity contribution is 5.99. The first-order valence-electron chi connectivity index (χ1n) is 10.6. The largest absolute Gasteiger partial charge is 0.491 e. The zero-order valence-electron chi connectivity index (χ0n) is 18.8. The number of fused-ring (bicyclic) bond motifs is 1. The van der Waals surface area contributed by atoms with E-state index in [1.54, 1.807) is 0 Å².